The zero-order valence-corrected chi connectivity index (χ0v) is 19.0. The minimum Gasteiger partial charge on any atom is -0.334 e. The van der Waals surface area contributed by atoms with Gasteiger partial charge in [-0.25, -0.2) is 14.8 Å². The van der Waals surface area contributed by atoms with Crippen molar-refractivity contribution in [3.05, 3.63) is 95.3 Å². The molecule has 8 nitrogen and oxygen atoms in total. The van der Waals surface area contributed by atoms with Gasteiger partial charge < -0.3 is 5.32 Å². The molecule has 0 spiro atoms. The van der Waals surface area contributed by atoms with Crippen molar-refractivity contribution in [3.63, 3.8) is 0 Å². The second-order valence-corrected chi connectivity index (χ2v) is 8.09. The number of nitrogens with one attached hydrogen (secondary N) is 3. The number of aromatic amines is 1. The number of amides is 2. The Labute approximate surface area is 205 Å². The number of anilines is 1. The van der Waals surface area contributed by atoms with E-state index in [-0.39, 0.29) is 11.5 Å². The number of hydrogen-bond donors (Lipinski definition) is 3. The lowest BCUT2D eigenvalue weighted by Crippen LogP contribution is -2.29. The summed E-state index contributed by atoms with van der Waals surface area (Å²) in [7, 11) is 0. The van der Waals surface area contributed by atoms with E-state index < -0.39 is 6.03 Å². The molecule has 35 heavy (non-hydrogen) atoms. The number of carbonyl (C=O) groups excluding carboxylic acids is 1. The fraction of sp³-hybridized carbons (Fsp3) is 0.0385. The molecule has 0 aliphatic heterocycles. The van der Waals surface area contributed by atoms with Gasteiger partial charge in [0.2, 0.25) is 0 Å². The van der Waals surface area contributed by atoms with E-state index in [2.05, 4.69) is 30.8 Å². The number of aromatic nitrogens is 4. The maximum Gasteiger partial charge on any atom is 0.320 e. The van der Waals surface area contributed by atoms with Crippen molar-refractivity contribution in [1.82, 2.24) is 25.5 Å². The number of benzene rings is 3. The molecule has 0 fully saturated rings. The zero-order chi connectivity index (χ0) is 24.2. The largest absolute Gasteiger partial charge is 0.334 e. The van der Waals surface area contributed by atoms with Crippen LogP contribution in [-0.4, -0.2) is 26.2 Å². The molecule has 2 heterocycles. The van der Waals surface area contributed by atoms with Gasteiger partial charge in [-0.05, 0) is 17.7 Å². The molecule has 0 bridgehead atoms. The van der Waals surface area contributed by atoms with Gasteiger partial charge in [0.15, 0.2) is 11.5 Å². The van der Waals surface area contributed by atoms with Crippen LogP contribution in [0.25, 0.3) is 33.4 Å². The van der Waals surface area contributed by atoms with Crippen LogP contribution in [0.2, 0.25) is 5.02 Å². The molecule has 0 aliphatic carbocycles. The molecule has 3 N–H and O–H groups in total. The molecule has 0 atom stereocenters. The zero-order valence-electron chi connectivity index (χ0n) is 18.3. The Hall–Kier alpha value is -4.74. The number of urea groups is 1. The van der Waals surface area contributed by atoms with E-state index in [1.165, 1.54) is 0 Å². The maximum atomic E-state index is 12.6. The molecule has 0 radical (unpaired) electrons. The van der Waals surface area contributed by atoms with E-state index in [1.54, 1.807) is 12.3 Å². The van der Waals surface area contributed by atoms with Gasteiger partial charge in [-0.2, -0.15) is 10.4 Å². The van der Waals surface area contributed by atoms with E-state index in [0.717, 1.165) is 16.5 Å². The molecule has 0 aliphatic rings. The van der Waals surface area contributed by atoms with Crippen molar-refractivity contribution in [1.29, 1.82) is 5.26 Å². The van der Waals surface area contributed by atoms with Crippen molar-refractivity contribution in [2.24, 2.45) is 0 Å². The van der Waals surface area contributed by atoms with Gasteiger partial charge in [0.1, 0.15) is 6.07 Å². The third kappa shape index (κ3) is 4.67. The Balaban J connectivity index is 1.55. The maximum absolute atomic E-state index is 12.6. The second-order valence-electron chi connectivity index (χ2n) is 7.68. The molecule has 5 rings (SSSR count). The molecule has 3 aromatic carbocycles. The van der Waals surface area contributed by atoms with E-state index in [0.29, 0.717) is 34.0 Å². The van der Waals surface area contributed by atoms with Crippen LogP contribution < -0.4 is 10.6 Å². The number of hydrogen-bond acceptors (Lipinski definition) is 5. The third-order valence-corrected chi connectivity index (χ3v) is 5.65. The summed E-state index contributed by atoms with van der Waals surface area (Å²) in [6, 6.07) is 24.1. The summed E-state index contributed by atoms with van der Waals surface area (Å²) in [6.45, 7) is 0.328. The van der Waals surface area contributed by atoms with Crippen LogP contribution in [0.5, 0.6) is 0 Å². The third-order valence-electron chi connectivity index (χ3n) is 5.35. The summed E-state index contributed by atoms with van der Waals surface area (Å²) in [5.74, 6) is 0.0659. The van der Waals surface area contributed by atoms with Gasteiger partial charge >= 0.3 is 6.03 Å². The van der Waals surface area contributed by atoms with Crippen molar-refractivity contribution in [3.8, 4) is 28.6 Å². The number of fused-ring (bicyclic) bond motifs is 1. The van der Waals surface area contributed by atoms with Gasteiger partial charge in [0.25, 0.3) is 0 Å². The van der Waals surface area contributed by atoms with Gasteiger partial charge in [-0.15, -0.1) is 0 Å². The van der Waals surface area contributed by atoms with Gasteiger partial charge in [-0.1, -0.05) is 72.3 Å². The molecule has 2 aromatic heterocycles. The van der Waals surface area contributed by atoms with Crippen LogP contribution in [0.1, 0.15) is 11.3 Å². The lowest BCUT2D eigenvalue weighted by atomic mass is 10.0. The average Bonchev–Trinajstić information content (AvgIpc) is 3.38. The molecule has 170 valence electrons. The summed E-state index contributed by atoms with van der Waals surface area (Å²) in [5.41, 5.74) is 4.05. The van der Waals surface area contributed by atoms with E-state index in [1.807, 2.05) is 72.8 Å². The molecular formula is C26H18ClN7O. The molecule has 0 saturated heterocycles. The Morgan fingerprint density at radius 3 is 2.43 bits per heavy atom. The lowest BCUT2D eigenvalue weighted by Gasteiger charge is -2.14. The molecule has 2 amide bonds. The highest BCUT2D eigenvalue weighted by atomic mass is 35.5. The highest BCUT2D eigenvalue weighted by Gasteiger charge is 2.19. The Morgan fingerprint density at radius 2 is 1.69 bits per heavy atom. The fourth-order valence-electron chi connectivity index (χ4n) is 3.68. The molecular weight excluding hydrogens is 462 g/mol. The predicted molar refractivity (Wildman–Crippen MR) is 135 cm³/mol. The number of nitrogens with zero attached hydrogens (tertiary/aromatic N) is 4. The van der Waals surface area contributed by atoms with Gasteiger partial charge in [0.05, 0.1) is 28.1 Å². The first-order valence-electron chi connectivity index (χ1n) is 10.7. The monoisotopic (exact) mass is 479 g/mol. The smallest absolute Gasteiger partial charge is 0.320 e. The number of rotatable bonds is 5. The molecule has 9 heteroatoms. The quantitative estimate of drug-likeness (QED) is 0.306. The molecule has 0 unspecified atom stereocenters. The predicted octanol–water partition coefficient (Wildman–Crippen LogP) is 5.53. The number of halogens is 1. The van der Waals surface area contributed by atoms with Crippen LogP contribution in [-0.2, 0) is 6.54 Å². The van der Waals surface area contributed by atoms with Crippen molar-refractivity contribution >= 4 is 34.4 Å². The van der Waals surface area contributed by atoms with Gasteiger partial charge in [-0.3, -0.25) is 10.4 Å². The van der Waals surface area contributed by atoms with Gasteiger partial charge in [0, 0.05) is 23.1 Å². The van der Waals surface area contributed by atoms with E-state index in [4.69, 9.17) is 11.6 Å². The molecule has 5 aromatic rings. The highest BCUT2D eigenvalue weighted by molar-refractivity contribution is 6.35. The minimum atomic E-state index is -0.491. The standard InChI is InChI=1S/C26H18ClN7O/c27-20-12-18(11-19-15-30-34-22(19)20)24-23(17-9-5-2-6-10-17)32-25(21(13-28)31-24)33-26(35)29-14-16-7-3-1-4-8-16/h1-12,15H,14H2,(H,30,34)(H2,29,32,33,35). The Morgan fingerprint density at radius 1 is 0.971 bits per heavy atom. The Bertz CT molecular complexity index is 1560. The first-order valence-corrected chi connectivity index (χ1v) is 11.1. The second kappa shape index (κ2) is 9.63. The van der Waals surface area contributed by atoms with Crippen molar-refractivity contribution in [2.45, 2.75) is 6.54 Å². The summed E-state index contributed by atoms with van der Waals surface area (Å²) in [5, 5.41) is 23.4. The number of H-pyrrole nitrogens is 1. The number of nitriles is 1. The SMILES string of the molecule is N#Cc1nc(-c2cc(Cl)c3[nH]ncc3c2)c(-c2ccccc2)nc1NC(=O)NCc1ccccc1. The first-order chi connectivity index (χ1) is 17.1. The van der Waals surface area contributed by atoms with Crippen molar-refractivity contribution in [2.75, 3.05) is 5.32 Å². The summed E-state index contributed by atoms with van der Waals surface area (Å²) in [4.78, 5) is 21.8. The minimum absolute atomic E-state index is 0.0158. The highest BCUT2D eigenvalue weighted by Crippen LogP contribution is 2.35. The first kappa shape index (κ1) is 22.1. The molecule has 0 saturated carbocycles. The van der Waals surface area contributed by atoms with Crippen LogP contribution in [0.15, 0.2) is 79.0 Å². The normalized spacial score (nSPS) is 10.6. The lowest BCUT2D eigenvalue weighted by molar-refractivity contribution is 0.251. The van der Waals surface area contributed by atoms with Crippen LogP contribution in [0.4, 0.5) is 10.6 Å². The summed E-state index contributed by atoms with van der Waals surface area (Å²) in [6.07, 6.45) is 1.67. The van der Waals surface area contributed by atoms with Crippen molar-refractivity contribution < 1.29 is 4.79 Å². The van der Waals surface area contributed by atoms with Crippen LogP contribution in [0.3, 0.4) is 0 Å². The van der Waals surface area contributed by atoms with Crippen LogP contribution >= 0.6 is 11.6 Å². The Kier molecular flexibility index (Phi) is 6.07. The van der Waals surface area contributed by atoms with E-state index in [9.17, 15) is 10.1 Å². The topological polar surface area (TPSA) is 119 Å². The number of carbonyl (C=O) groups is 1. The summed E-state index contributed by atoms with van der Waals surface area (Å²) >= 11 is 6.46. The van der Waals surface area contributed by atoms with Crippen LogP contribution in [0, 0.1) is 11.3 Å². The average molecular weight is 480 g/mol. The van der Waals surface area contributed by atoms with E-state index >= 15 is 0 Å². The summed E-state index contributed by atoms with van der Waals surface area (Å²) < 4.78 is 0. The fourth-order valence-corrected chi connectivity index (χ4v) is 3.95.